The van der Waals surface area contributed by atoms with Crippen molar-refractivity contribution in [1.29, 1.82) is 0 Å². The highest BCUT2D eigenvalue weighted by Gasteiger charge is 2.28. The molecule has 194 valence electrons. The van der Waals surface area contributed by atoms with Crippen LogP contribution in [0.15, 0.2) is 42.7 Å². The number of carbonyl (C=O) groups is 1. The van der Waals surface area contributed by atoms with Gasteiger partial charge in [0.15, 0.2) is 5.82 Å². The molecule has 0 aliphatic carbocycles. The number of anilines is 3. The highest BCUT2D eigenvalue weighted by Crippen LogP contribution is 2.34. The summed E-state index contributed by atoms with van der Waals surface area (Å²) in [5.74, 6) is -2.37. The van der Waals surface area contributed by atoms with Crippen molar-refractivity contribution in [1.82, 2.24) is 15.0 Å². The Morgan fingerprint density at radius 3 is 2.54 bits per heavy atom. The molecule has 9 nitrogen and oxygen atoms in total. The molecule has 2 fully saturated rings. The topological polar surface area (TPSA) is 104 Å². The summed E-state index contributed by atoms with van der Waals surface area (Å²) >= 11 is 0. The Morgan fingerprint density at radius 1 is 1.11 bits per heavy atom. The highest BCUT2D eigenvalue weighted by molar-refractivity contribution is 6.06. The van der Waals surface area contributed by atoms with Crippen LogP contribution in [-0.2, 0) is 10.7 Å². The van der Waals surface area contributed by atoms with Gasteiger partial charge in [0.05, 0.1) is 25.0 Å². The van der Waals surface area contributed by atoms with E-state index in [2.05, 4.69) is 15.3 Å². The zero-order valence-electron chi connectivity index (χ0n) is 20.6. The Labute approximate surface area is 213 Å². The minimum atomic E-state index is -3.17. The van der Waals surface area contributed by atoms with E-state index in [-0.39, 0.29) is 11.7 Å². The zero-order valence-corrected chi connectivity index (χ0v) is 20.6. The van der Waals surface area contributed by atoms with E-state index in [1.807, 2.05) is 34.9 Å². The zero-order chi connectivity index (χ0) is 26.2. The van der Waals surface area contributed by atoms with Crippen molar-refractivity contribution < 1.29 is 23.4 Å². The van der Waals surface area contributed by atoms with Crippen molar-refractivity contribution >= 4 is 23.2 Å². The first-order valence-corrected chi connectivity index (χ1v) is 12.1. The standard InChI is InChI=1S/C26H28F2N6O3/c1-16-20(17-3-6-30-23(12-17)34-14-19(35)15-34)13-21(24(31-16)33-7-9-37-10-8-33)32-25(36)18-4-5-29-22(11-18)26(2,27)28/h3-6,11-13,19,35H,7-10,14-15H2,1-2H3,(H,32,36). The Hall–Kier alpha value is -3.70. The molecule has 1 amide bonds. The maximum atomic E-state index is 13.8. The molecule has 2 aliphatic heterocycles. The second-order valence-electron chi connectivity index (χ2n) is 9.33. The maximum absolute atomic E-state index is 13.8. The van der Waals surface area contributed by atoms with Crippen LogP contribution in [0.1, 0.15) is 28.7 Å². The number of aromatic nitrogens is 3. The molecule has 37 heavy (non-hydrogen) atoms. The van der Waals surface area contributed by atoms with Crippen LogP contribution in [0.3, 0.4) is 0 Å². The SMILES string of the molecule is Cc1nc(N2CCOCC2)c(NC(=O)c2ccnc(C(C)(F)F)c2)cc1-c1ccnc(N2CC(O)C2)c1. The fourth-order valence-electron chi connectivity index (χ4n) is 4.40. The van der Waals surface area contributed by atoms with Crippen molar-refractivity contribution in [3.63, 3.8) is 0 Å². The number of aliphatic hydroxyl groups is 1. The number of ether oxygens (including phenoxy) is 1. The lowest BCUT2D eigenvalue weighted by Gasteiger charge is -2.37. The number of halogens is 2. The Bertz CT molecular complexity index is 1300. The van der Waals surface area contributed by atoms with E-state index in [1.165, 1.54) is 12.3 Å². The predicted molar refractivity (Wildman–Crippen MR) is 135 cm³/mol. The number of amides is 1. The molecule has 2 saturated heterocycles. The van der Waals surface area contributed by atoms with Gasteiger partial charge in [-0.25, -0.2) is 9.97 Å². The van der Waals surface area contributed by atoms with Crippen LogP contribution in [0.4, 0.5) is 26.1 Å². The molecule has 11 heteroatoms. The average molecular weight is 511 g/mol. The number of hydrogen-bond acceptors (Lipinski definition) is 8. The smallest absolute Gasteiger partial charge is 0.286 e. The normalized spacial score (nSPS) is 16.5. The monoisotopic (exact) mass is 510 g/mol. The number of pyridine rings is 3. The van der Waals surface area contributed by atoms with Crippen molar-refractivity contribution in [2.45, 2.75) is 25.9 Å². The number of nitrogens with one attached hydrogen (secondary N) is 1. The average Bonchev–Trinajstić information content (AvgIpc) is 2.87. The molecule has 2 aliphatic rings. The van der Waals surface area contributed by atoms with E-state index < -0.39 is 17.5 Å². The van der Waals surface area contributed by atoms with Crippen LogP contribution < -0.4 is 15.1 Å². The molecular formula is C26H28F2N6O3. The third kappa shape index (κ3) is 5.37. The summed E-state index contributed by atoms with van der Waals surface area (Å²) in [6.07, 6.45) is 2.55. The summed E-state index contributed by atoms with van der Waals surface area (Å²) < 4.78 is 33.1. The largest absolute Gasteiger partial charge is 0.389 e. The fraction of sp³-hybridized carbons (Fsp3) is 0.385. The van der Waals surface area contributed by atoms with Crippen LogP contribution in [0.2, 0.25) is 0 Å². The van der Waals surface area contributed by atoms with Gasteiger partial charge in [0.1, 0.15) is 11.5 Å². The molecule has 0 radical (unpaired) electrons. The molecule has 0 bridgehead atoms. The van der Waals surface area contributed by atoms with Gasteiger partial charge in [0, 0.05) is 62.3 Å². The van der Waals surface area contributed by atoms with Crippen LogP contribution in [0, 0.1) is 6.92 Å². The summed E-state index contributed by atoms with van der Waals surface area (Å²) in [4.78, 5) is 30.2. The first-order chi connectivity index (χ1) is 17.7. The summed E-state index contributed by atoms with van der Waals surface area (Å²) in [6, 6.07) is 8.14. The molecule has 5 rings (SSSR count). The second-order valence-corrected chi connectivity index (χ2v) is 9.33. The van der Waals surface area contributed by atoms with Gasteiger partial charge in [-0.2, -0.15) is 8.78 Å². The summed E-state index contributed by atoms with van der Waals surface area (Å²) in [5.41, 5.74) is 2.48. The number of hydrogen-bond donors (Lipinski definition) is 2. The first-order valence-electron chi connectivity index (χ1n) is 12.1. The first kappa shape index (κ1) is 25.0. The van der Waals surface area contributed by atoms with Gasteiger partial charge in [-0.1, -0.05) is 0 Å². The van der Waals surface area contributed by atoms with Gasteiger partial charge in [-0.15, -0.1) is 0 Å². The van der Waals surface area contributed by atoms with Gasteiger partial charge in [0.2, 0.25) is 0 Å². The van der Waals surface area contributed by atoms with Gasteiger partial charge >= 0.3 is 0 Å². The van der Waals surface area contributed by atoms with E-state index in [9.17, 15) is 18.7 Å². The summed E-state index contributed by atoms with van der Waals surface area (Å²) in [6.45, 7) is 5.96. The summed E-state index contributed by atoms with van der Waals surface area (Å²) in [7, 11) is 0. The van der Waals surface area contributed by atoms with E-state index in [0.717, 1.165) is 35.6 Å². The van der Waals surface area contributed by atoms with Crippen molar-refractivity contribution in [2.24, 2.45) is 0 Å². The predicted octanol–water partition coefficient (Wildman–Crippen LogP) is 3.23. The lowest BCUT2D eigenvalue weighted by atomic mass is 10.0. The lowest BCUT2D eigenvalue weighted by molar-refractivity contribution is 0.0127. The number of aliphatic hydroxyl groups excluding tert-OH is 1. The molecule has 0 unspecified atom stereocenters. The van der Waals surface area contributed by atoms with Crippen LogP contribution in [-0.4, -0.2) is 71.5 Å². The van der Waals surface area contributed by atoms with E-state index in [1.54, 1.807) is 6.20 Å². The van der Waals surface area contributed by atoms with Gasteiger partial charge in [-0.05, 0) is 42.8 Å². The number of carbonyl (C=O) groups excluding carboxylic acids is 1. The van der Waals surface area contributed by atoms with Crippen molar-refractivity contribution in [3.05, 3.63) is 59.7 Å². The molecule has 5 heterocycles. The Balaban J connectivity index is 1.51. The van der Waals surface area contributed by atoms with Crippen molar-refractivity contribution in [3.8, 4) is 11.1 Å². The van der Waals surface area contributed by atoms with Crippen LogP contribution in [0.25, 0.3) is 11.1 Å². The van der Waals surface area contributed by atoms with Crippen LogP contribution in [0.5, 0.6) is 0 Å². The summed E-state index contributed by atoms with van der Waals surface area (Å²) in [5, 5.41) is 12.6. The Morgan fingerprint density at radius 2 is 1.84 bits per heavy atom. The minimum absolute atomic E-state index is 0.0733. The maximum Gasteiger partial charge on any atom is 0.286 e. The van der Waals surface area contributed by atoms with E-state index in [0.29, 0.717) is 50.9 Å². The number of aryl methyl sites for hydroxylation is 1. The Kier molecular flexibility index (Phi) is 6.74. The second kappa shape index (κ2) is 9.98. The molecule has 3 aromatic heterocycles. The van der Waals surface area contributed by atoms with Crippen LogP contribution >= 0.6 is 0 Å². The van der Waals surface area contributed by atoms with Crippen molar-refractivity contribution in [2.75, 3.05) is 54.5 Å². The molecule has 0 saturated carbocycles. The third-order valence-electron chi connectivity index (χ3n) is 6.47. The number of nitrogens with zero attached hydrogens (tertiary/aromatic N) is 5. The lowest BCUT2D eigenvalue weighted by Crippen LogP contribution is -2.51. The third-order valence-corrected chi connectivity index (χ3v) is 6.47. The number of alkyl halides is 2. The number of β-amino-alcohol motifs (C(OH)–C–C–N with tert-alkyl or cyclic N) is 1. The van der Waals surface area contributed by atoms with Gasteiger partial charge in [-0.3, -0.25) is 9.78 Å². The molecule has 0 spiro atoms. The van der Waals surface area contributed by atoms with E-state index >= 15 is 0 Å². The van der Waals surface area contributed by atoms with Gasteiger partial charge in [0.25, 0.3) is 11.8 Å². The van der Waals surface area contributed by atoms with Gasteiger partial charge < -0.3 is 25.0 Å². The fourth-order valence-corrected chi connectivity index (χ4v) is 4.40. The molecule has 0 aromatic carbocycles. The number of morpholine rings is 1. The van der Waals surface area contributed by atoms with E-state index in [4.69, 9.17) is 9.72 Å². The quantitative estimate of drug-likeness (QED) is 0.521. The highest BCUT2D eigenvalue weighted by atomic mass is 19.3. The minimum Gasteiger partial charge on any atom is -0.389 e. The molecule has 0 atom stereocenters. The number of rotatable bonds is 6. The molecule has 3 aromatic rings. The molecule has 2 N–H and O–H groups in total. The molecular weight excluding hydrogens is 482 g/mol.